The molecule has 0 spiro atoms. The van der Waals surface area contributed by atoms with Gasteiger partial charge in [0.25, 0.3) is 23.6 Å². The molecule has 3 heterocycles. The van der Waals surface area contributed by atoms with Gasteiger partial charge >= 0.3 is 0 Å². The van der Waals surface area contributed by atoms with Gasteiger partial charge in [0.2, 0.25) is 29.4 Å². The molecule has 6 N–H and O–H groups in total. The summed E-state index contributed by atoms with van der Waals surface area (Å²) in [5.74, 6) is -6.19. The van der Waals surface area contributed by atoms with E-state index >= 15 is 0 Å². The van der Waals surface area contributed by atoms with Crippen LogP contribution in [0, 0.1) is 5.41 Å². The summed E-state index contributed by atoms with van der Waals surface area (Å²) in [7, 11) is 0. The molecule has 3 aromatic carbocycles. The normalized spacial score (nSPS) is 17.2. The van der Waals surface area contributed by atoms with Gasteiger partial charge in [-0.3, -0.25) is 58.2 Å². The number of carbonyl (C=O) groups is 10. The van der Waals surface area contributed by atoms with E-state index in [1.807, 2.05) is 13.0 Å². The van der Waals surface area contributed by atoms with E-state index in [9.17, 15) is 58.2 Å². The van der Waals surface area contributed by atoms with Crippen molar-refractivity contribution in [2.45, 2.75) is 122 Å². The number of ketones is 2. The van der Waals surface area contributed by atoms with E-state index in [4.69, 9.17) is 4.74 Å². The number of hydrogen-bond donors (Lipinski definition) is 6. The second-order valence-corrected chi connectivity index (χ2v) is 18.8. The molecule has 0 aromatic heterocycles. The lowest BCUT2D eigenvalue weighted by molar-refractivity contribution is -0.153. The van der Waals surface area contributed by atoms with Crippen LogP contribution in [0.15, 0.2) is 60.7 Å². The fourth-order valence-corrected chi connectivity index (χ4v) is 8.83. The van der Waals surface area contributed by atoms with Crippen LogP contribution in [0.25, 0.3) is 0 Å². The van der Waals surface area contributed by atoms with Crippen molar-refractivity contribution in [1.29, 1.82) is 0 Å². The zero-order valence-corrected chi connectivity index (χ0v) is 40.3. The summed E-state index contributed by atoms with van der Waals surface area (Å²) in [6.07, 6.45) is 4.01. The van der Waals surface area contributed by atoms with Crippen LogP contribution in [0.1, 0.15) is 136 Å². The number of fused-ring (bicyclic) bond motifs is 1. The molecule has 0 aliphatic carbocycles. The summed E-state index contributed by atoms with van der Waals surface area (Å²) < 4.78 is 5.61. The third-order valence-electron chi connectivity index (χ3n) is 13.4. The first-order valence-corrected chi connectivity index (χ1v) is 24.2. The zero-order chi connectivity index (χ0) is 51.4. The first-order chi connectivity index (χ1) is 33.9. The fourth-order valence-electron chi connectivity index (χ4n) is 8.83. The minimum absolute atomic E-state index is 0.000773. The summed E-state index contributed by atoms with van der Waals surface area (Å²) in [4.78, 5) is 132. The maximum Gasteiger partial charge on any atom is 0.291 e. The summed E-state index contributed by atoms with van der Waals surface area (Å²) in [6, 6.07) is 14.0. The van der Waals surface area contributed by atoms with Crippen molar-refractivity contribution in [1.82, 2.24) is 25.8 Å². The predicted molar refractivity (Wildman–Crippen MR) is 257 cm³/mol. The Labute approximate surface area is 411 Å². The Kier molecular flexibility index (Phi) is 17.8. The third-order valence-corrected chi connectivity index (χ3v) is 13.4. The summed E-state index contributed by atoms with van der Waals surface area (Å²) in [5.41, 5.74) is 1.01. The van der Waals surface area contributed by atoms with Gasteiger partial charge in [0.15, 0.2) is 23.9 Å². The number of nitrogens with zero attached hydrogens (tertiary/aromatic N) is 2. The van der Waals surface area contributed by atoms with Crippen LogP contribution >= 0.6 is 0 Å². The smallest absolute Gasteiger partial charge is 0.291 e. The van der Waals surface area contributed by atoms with Gasteiger partial charge in [-0.25, -0.2) is 0 Å². The molecule has 19 nitrogen and oxygen atoms in total. The molecule has 378 valence electrons. The minimum Gasteiger partial charge on any atom is -0.504 e. The van der Waals surface area contributed by atoms with E-state index in [0.29, 0.717) is 57.2 Å². The number of rotatable bonds is 23. The highest BCUT2D eigenvalue weighted by molar-refractivity contribution is 6.38. The monoisotopic (exact) mass is 978 g/mol. The van der Waals surface area contributed by atoms with E-state index in [-0.39, 0.29) is 91.2 Å². The Bertz CT molecular complexity index is 2580. The van der Waals surface area contributed by atoms with Gasteiger partial charge < -0.3 is 35.8 Å². The number of phenolic OH excluding ortho intramolecular Hbond substituents is 2. The number of benzene rings is 3. The van der Waals surface area contributed by atoms with E-state index in [2.05, 4.69) is 21.3 Å². The summed E-state index contributed by atoms with van der Waals surface area (Å²) >= 11 is 0. The number of anilines is 1. The lowest BCUT2D eigenvalue weighted by Gasteiger charge is -2.36. The number of Topliss-reactive ketones (excluding diaryl/α,β-unsaturated/α-hetero) is 2. The van der Waals surface area contributed by atoms with Gasteiger partial charge in [0.1, 0.15) is 11.8 Å². The number of nitrogens with one attached hydrogen (secondary N) is 4. The van der Waals surface area contributed by atoms with Gasteiger partial charge in [0.05, 0.1) is 17.2 Å². The number of amides is 8. The average Bonchev–Trinajstić information content (AvgIpc) is 3.61. The lowest BCUT2D eigenvalue weighted by atomic mass is 9.82. The van der Waals surface area contributed by atoms with Crippen molar-refractivity contribution < 1.29 is 62.9 Å². The predicted octanol–water partition coefficient (Wildman–Crippen LogP) is 4.37. The quantitative estimate of drug-likeness (QED) is 0.0334. The van der Waals surface area contributed by atoms with Crippen molar-refractivity contribution in [3.05, 3.63) is 82.9 Å². The summed E-state index contributed by atoms with van der Waals surface area (Å²) in [6.45, 7) is 5.68. The highest BCUT2D eigenvalue weighted by atomic mass is 16.5. The molecule has 2 fully saturated rings. The van der Waals surface area contributed by atoms with Crippen LogP contribution in [-0.2, 0) is 44.8 Å². The van der Waals surface area contributed by atoms with Crippen molar-refractivity contribution >= 4 is 64.5 Å². The molecule has 8 amide bonds. The largest absolute Gasteiger partial charge is 0.504 e. The second kappa shape index (κ2) is 23.9. The van der Waals surface area contributed by atoms with Crippen LogP contribution in [0.2, 0.25) is 0 Å². The second-order valence-electron chi connectivity index (χ2n) is 18.8. The van der Waals surface area contributed by atoms with E-state index in [1.165, 1.54) is 35.2 Å². The first-order valence-electron chi connectivity index (χ1n) is 24.2. The maximum atomic E-state index is 14.1. The Hall–Kier alpha value is -7.44. The molecular weight excluding hydrogens is 917 g/mol. The van der Waals surface area contributed by atoms with Gasteiger partial charge in [-0.05, 0) is 111 Å². The number of imide groups is 2. The van der Waals surface area contributed by atoms with E-state index < -0.39 is 71.2 Å². The Morgan fingerprint density at radius 3 is 2.27 bits per heavy atom. The Balaban J connectivity index is 0.943. The lowest BCUT2D eigenvalue weighted by Crippen LogP contribution is -2.54. The van der Waals surface area contributed by atoms with E-state index in [0.717, 1.165) is 22.4 Å². The highest BCUT2D eigenvalue weighted by Gasteiger charge is 2.46. The van der Waals surface area contributed by atoms with Crippen LogP contribution in [-0.4, -0.2) is 117 Å². The Morgan fingerprint density at radius 1 is 0.831 bits per heavy atom. The molecule has 0 saturated carbocycles. The number of unbranched alkanes of at least 4 members (excludes halogenated alkanes) is 1. The number of hydrogen-bond acceptors (Lipinski definition) is 13. The SMILES string of the molecule is CCC(C)(C)C(=O)C(=O)N1CCCCC1C(=O)CC(CCc1ccc(O)c(O)c1)c1cccc(NC(=O)CCC(=O)NCCCCNC(=O)COc2cccc3c2C(=O)N(C2CCC(=O)NC2=O)C3=O)c1. The number of ether oxygens (including phenoxy) is 1. The number of piperidine rings is 2. The molecule has 19 heteroatoms. The molecule has 0 radical (unpaired) electrons. The van der Waals surface area contributed by atoms with Gasteiger partial charge in [-0.1, -0.05) is 45.0 Å². The van der Waals surface area contributed by atoms with E-state index in [1.54, 1.807) is 38.1 Å². The van der Waals surface area contributed by atoms with Crippen molar-refractivity contribution in [3.63, 3.8) is 0 Å². The minimum atomic E-state index is -1.14. The van der Waals surface area contributed by atoms with Crippen LogP contribution < -0.4 is 26.0 Å². The zero-order valence-electron chi connectivity index (χ0n) is 40.3. The van der Waals surface area contributed by atoms with Gasteiger partial charge in [0, 0.05) is 56.4 Å². The number of likely N-dealkylation sites (tertiary alicyclic amines) is 1. The number of aryl methyl sites for hydroxylation is 1. The standard InChI is InChI=1S/C52H62N6O13/c1-4-52(2,3)47(66)51(70)57-26-8-5-14-36(57)39(60)29-33(18-16-31-17-20-38(59)40(61)27-31)32-11-9-12-34(28-32)55-43(63)23-22-42(62)53-24-6-7-25-54-45(65)30-71-41-15-10-13-35-46(41)50(69)58(49(35)68)37-19-21-44(64)56-48(37)67/h9-13,15,17,20,27-28,33,36-37,59,61H,4-8,14,16,18-19,21-26,29-30H2,1-3H3,(H,53,62)(H,54,65)(H,55,63)(H,56,64,67). The van der Waals surface area contributed by atoms with Crippen molar-refractivity contribution in [3.8, 4) is 17.2 Å². The number of aromatic hydroxyl groups is 2. The molecule has 3 aliphatic heterocycles. The van der Waals surface area contributed by atoms with Crippen molar-refractivity contribution in [2.75, 3.05) is 31.6 Å². The average molecular weight is 979 g/mol. The van der Waals surface area contributed by atoms with Crippen LogP contribution in [0.4, 0.5) is 5.69 Å². The fraction of sp³-hybridized carbons (Fsp3) is 0.462. The molecule has 71 heavy (non-hydrogen) atoms. The topological polar surface area (TPSA) is 275 Å². The molecule has 2 saturated heterocycles. The molecule has 3 atom stereocenters. The van der Waals surface area contributed by atoms with Gasteiger partial charge in [-0.15, -0.1) is 0 Å². The maximum absolute atomic E-state index is 14.1. The molecule has 3 aliphatic rings. The number of phenols is 2. The first kappa shape index (κ1) is 52.9. The third kappa shape index (κ3) is 13.5. The molecular formula is C52H62N6O13. The number of carbonyl (C=O) groups excluding carboxylic acids is 10. The summed E-state index contributed by atoms with van der Waals surface area (Å²) in [5, 5.41) is 30.4. The van der Waals surface area contributed by atoms with Crippen LogP contribution in [0.3, 0.4) is 0 Å². The van der Waals surface area contributed by atoms with Crippen molar-refractivity contribution in [2.24, 2.45) is 5.41 Å². The molecule has 6 rings (SSSR count). The molecule has 3 aromatic rings. The molecule has 3 unspecified atom stereocenters. The highest BCUT2D eigenvalue weighted by Crippen LogP contribution is 2.35. The Morgan fingerprint density at radius 2 is 1.55 bits per heavy atom. The molecule has 0 bridgehead atoms. The van der Waals surface area contributed by atoms with Crippen LogP contribution in [0.5, 0.6) is 17.2 Å². The van der Waals surface area contributed by atoms with Gasteiger partial charge in [-0.2, -0.15) is 0 Å².